The van der Waals surface area contributed by atoms with Crippen LogP contribution in [0.3, 0.4) is 0 Å². The standard InChI is InChI=1S/C14H18N4O3/c15-11-2-1-6-18(8-11)13(19)4-3-12-16-14(17-21-12)10-5-7-20-9-10/h5,7,9,11H,1-4,6,8,15H2. The summed E-state index contributed by atoms with van der Waals surface area (Å²) in [7, 11) is 0. The van der Waals surface area contributed by atoms with Crippen molar-refractivity contribution in [1.29, 1.82) is 0 Å². The Morgan fingerprint density at radius 1 is 1.52 bits per heavy atom. The minimum absolute atomic E-state index is 0.0909. The van der Waals surface area contributed by atoms with Gasteiger partial charge < -0.3 is 19.6 Å². The maximum Gasteiger partial charge on any atom is 0.227 e. The van der Waals surface area contributed by atoms with E-state index in [9.17, 15) is 4.79 Å². The fourth-order valence-corrected chi connectivity index (χ4v) is 2.47. The summed E-state index contributed by atoms with van der Waals surface area (Å²) in [5.41, 5.74) is 6.65. The number of aryl methyl sites for hydroxylation is 1. The zero-order chi connectivity index (χ0) is 14.7. The van der Waals surface area contributed by atoms with Crippen LogP contribution in [0.5, 0.6) is 0 Å². The summed E-state index contributed by atoms with van der Waals surface area (Å²) in [4.78, 5) is 18.2. The van der Waals surface area contributed by atoms with Crippen LogP contribution in [0.2, 0.25) is 0 Å². The molecule has 1 saturated heterocycles. The number of carbonyl (C=O) groups is 1. The summed E-state index contributed by atoms with van der Waals surface area (Å²) in [5, 5.41) is 3.87. The van der Waals surface area contributed by atoms with Gasteiger partial charge in [-0.05, 0) is 18.9 Å². The quantitative estimate of drug-likeness (QED) is 0.908. The SMILES string of the molecule is NC1CCCN(C(=O)CCc2nc(-c3ccoc3)no2)C1. The summed E-state index contributed by atoms with van der Waals surface area (Å²) in [5.74, 6) is 1.03. The topological polar surface area (TPSA) is 98.4 Å². The highest BCUT2D eigenvalue weighted by molar-refractivity contribution is 5.76. The molecule has 7 nitrogen and oxygen atoms in total. The first kappa shape index (κ1) is 13.8. The van der Waals surface area contributed by atoms with Crippen LogP contribution in [0.1, 0.15) is 25.2 Å². The van der Waals surface area contributed by atoms with E-state index in [2.05, 4.69) is 10.1 Å². The summed E-state index contributed by atoms with van der Waals surface area (Å²) in [6, 6.07) is 1.85. The zero-order valence-electron chi connectivity index (χ0n) is 11.7. The van der Waals surface area contributed by atoms with Gasteiger partial charge >= 0.3 is 0 Å². The number of likely N-dealkylation sites (tertiary alicyclic amines) is 1. The Morgan fingerprint density at radius 3 is 3.19 bits per heavy atom. The van der Waals surface area contributed by atoms with Gasteiger partial charge in [-0.15, -0.1) is 0 Å². The molecular formula is C14H18N4O3. The number of aromatic nitrogens is 2. The van der Waals surface area contributed by atoms with Crippen molar-refractivity contribution in [3.63, 3.8) is 0 Å². The molecule has 1 unspecified atom stereocenters. The average molecular weight is 290 g/mol. The third-order valence-electron chi connectivity index (χ3n) is 3.61. The number of hydrogen-bond acceptors (Lipinski definition) is 6. The van der Waals surface area contributed by atoms with Gasteiger partial charge in [-0.25, -0.2) is 0 Å². The fraction of sp³-hybridized carbons (Fsp3) is 0.500. The molecule has 1 aliphatic rings. The van der Waals surface area contributed by atoms with Crippen LogP contribution in [0.15, 0.2) is 27.5 Å². The van der Waals surface area contributed by atoms with Crippen molar-refractivity contribution in [2.75, 3.05) is 13.1 Å². The van der Waals surface area contributed by atoms with Crippen LogP contribution in [-0.4, -0.2) is 40.1 Å². The molecule has 0 aliphatic carbocycles. The first-order valence-corrected chi connectivity index (χ1v) is 7.11. The van der Waals surface area contributed by atoms with E-state index < -0.39 is 0 Å². The number of piperidine rings is 1. The lowest BCUT2D eigenvalue weighted by molar-refractivity contribution is -0.132. The Kier molecular flexibility index (Phi) is 4.01. The molecule has 0 radical (unpaired) electrons. The van der Waals surface area contributed by atoms with Gasteiger partial charge in [0.15, 0.2) is 0 Å². The molecular weight excluding hydrogens is 272 g/mol. The Balaban J connectivity index is 1.54. The van der Waals surface area contributed by atoms with Gasteiger partial charge in [-0.3, -0.25) is 4.79 Å². The predicted octanol–water partition coefficient (Wildman–Crippen LogP) is 1.21. The van der Waals surface area contributed by atoms with Crippen LogP contribution >= 0.6 is 0 Å². The Labute approximate surface area is 122 Å². The van der Waals surface area contributed by atoms with Gasteiger partial charge in [-0.1, -0.05) is 5.16 Å². The first-order valence-electron chi connectivity index (χ1n) is 7.11. The molecule has 1 amide bonds. The second kappa shape index (κ2) is 6.09. The lowest BCUT2D eigenvalue weighted by Gasteiger charge is -2.30. The highest BCUT2D eigenvalue weighted by atomic mass is 16.5. The largest absolute Gasteiger partial charge is 0.472 e. The zero-order valence-corrected chi connectivity index (χ0v) is 11.7. The molecule has 3 rings (SSSR count). The van der Waals surface area contributed by atoms with Crippen molar-refractivity contribution >= 4 is 5.91 Å². The number of nitrogens with zero attached hydrogens (tertiary/aromatic N) is 3. The first-order chi connectivity index (χ1) is 10.2. The van der Waals surface area contributed by atoms with E-state index >= 15 is 0 Å². The highest BCUT2D eigenvalue weighted by Gasteiger charge is 2.21. The van der Waals surface area contributed by atoms with Gasteiger partial charge in [0.2, 0.25) is 17.6 Å². The van der Waals surface area contributed by atoms with E-state index in [1.54, 1.807) is 18.6 Å². The smallest absolute Gasteiger partial charge is 0.227 e. The van der Waals surface area contributed by atoms with E-state index in [1.165, 1.54) is 0 Å². The molecule has 2 N–H and O–H groups in total. The number of nitrogens with two attached hydrogens (primary N) is 1. The lowest BCUT2D eigenvalue weighted by atomic mass is 10.1. The maximum absolute atomic E-state index is 12.1. The van der Waals surface area contributed by atoms with Crippen LogP contribution < -0.4 is 5.73 Å². The molecule has 0 saturated carbocycles. The molecule has 1 atom stereocenters. The molecule has 0 spiro atoms. The molecule has 112 valence electrons. The average Bonchev–Trinajstić information content (AvgIpc) is 3.15. The van der Waals surface area contributed by atoms with Gasteiger partial charge in [0, 0.05) is 32.0 Å². The summed E-state index contributed by atoms with van der Waals surface area (Å²) >= 11 is 0. The third-order valence-corrected chi connectivity index (χ3v) is 3.61. The third kappa shape index (κ3) is 3.30. The van der Waals surface area contributed by atoms with Crippen molar-refractivity contribution in [3.8, 4) is 11.4 Å². The van der Waals surface area contributed by atoms with E-state index in [1.807, 2.05) is 4.90 Å². The van der Waals surface area contributed by atoms with Crippen molar-refractivity contribution in [2.24, 2.45) is 5.73 Å². The number of furan rings is 1. The van der Waals surface area contributed by atoms with E-state index in [0.717, 1.165) is 24.9 Å². The van der Waals surface area contributed by atoms with Gasteiger partial charge in [0.1, 0.15) is 6.26 Å². The van der Waals surface area contributed by atoms with Crippen LogP contribution in [0, 0.1) is 0 Å². The van der Waals surface area contributed by atoms with E-state index in [4.69, 9.17) is 14.7 Å². The molecule has 0 aromatic carbocycles. The number of amides is 1. The Hall–Kier alpha value is -2.15. The number of carbonyl (C=O) groups excluding carboxylic acids is 1. The minimum atomic E-state index is 0.0909. The molecule has 0 bridgehead atoms. The molecule has 1 aliphatic heterocycles. The molecule has 2 aromatic heterocycles. The number of hydrogen-bond donors (Lipinski definition) is 1. The van der Waals surface area contributed by atoms with Crippen LogP contribution in [0.4, 0.5) is 0 Å². The molecule has 3 heterocycles. The van der Waals surface area contributed by atoms with Crippen molar-refractivity contribution < 1.29 is 13.7 Å². The van der Waals surface area contributed by atoms with Gasteiger partial charge in [0.25, 0.3) is 0 Å². The van der Waals surface area contributed by atoms with Gasteiger partial charge in [0.05, 0.1) is 11.8 Å². The monoisotopic (exact) mass is 290 g/mol. The van der Waals surface area contributed by atoms with E-state index in [-0.39, 0.29) is 11.9 Å². The summed E-state index contributed by atoms with van der Waals surface area (Å²) < 4.78 is 10.1. The van der Waals surface area contributed by atoms with Crippen molar-refractivity contribution in [3.05, 3.63) is 24.5 Å². The van der Waals surface area contributed by atoms with Crippen LogP contribution in [-0.2, 0) is 11.2 Å². The molecule has 7 heteroatoms. The summed E-state index contributed by atoms with van der Waals surface area (Å²) in [6.45, 7) is 1.43. The Bertz CT molecular complexity index is 593. The molecule has 1 fully saturated rings. The second-order valence-corrected chi connectivity index (χ2v) is 5.27. The lowest BCUT2D eigenvalue weighted by Crippen LogP contribution is -2.45. The Morgan fingerprint density at radius 2 is 2.43 bits per heavy atom. The van der Waals surface area contributed by atoms with Crippen molar-refractivity contribution in [2.45, 2.75) is 31.7 Å². The van der Waals surface area contributed by atoms with Crippen molar-refractivity contribution in [1.82, 2.24) is 15.0 Å². The normalized spacial score (nSPS) is 18.9. The van der Waals surface area contributed by atoms with Crippen LogP contribution in [0.25, 0.3) is 11.4 Å². The second-order valence-electron chi connectivity index (χ2n) is 5.27. The summed E-state index contributed by atoms with van der Waals surface area (Å²) in [6.07, 6.45) is 5.86. The maximum atomic E-state index is 12.1. The highest BCUT2D eigenvalue weighted by Crippen LogP contribution is 2.17. The minimum Gasteiger partial charge on any atom is -0.472 e. The predicted molar refractivity (Wildman–Crippen MR) is 74.1 cm³/mol. The fourth-order valence-electron chi connectivity index (χ4n) is 2.47. The van der Waals surface area contributed by atoms with E-state index in [0.29, 0.717) is 31.1 Å². The number of rotatable bonds is 4. The molecule has 2 aromatic rings. The molecule has 21 heavy (non-hydrogen) atoms. The van der Waals surface area contributed by atoms with Gasteiger partial charge in [-0.2, -0.15) is 4.98 Å².